The molecule has 18 heavy (non-hydrogen) atoms. The fourth-order valence-corrected chi connectivity index (χ4v) is 3.19. The van der Waals surface area contributed by atoms with E-state index in [4.69, 9.17) is 0 Å². The van der Waals surface area contributed by atoms with Crippen molar-refractivity contribution in [2.24, 2.45) is 17.8 Å². The van der Waals surface area contributed by atoms with Crippen LogP contribution in [-0.2, 0) is 17.6 Å². The number of hydrogen-bond donors (Lipinski definition) is 1. The van der Waals surface area contributed by atoms with E-state index in [2.05, 4.69) is 36.5 Å². The summed E-state index contributed by atoms with van der Waals surface area (Å²) in [6.07, 6.45) is 4.50. The first-order valence-electron chi connectivity index (χ1n) is 7.12. The molecular weight excluding hydrogens is 222 g/mol. The molecule has 1 amide bonds. The van der Waals surface area contributed by atoms with Crippen molar-refractivity contribution in [3.8, 4) is 0 Å². The van der Waals surface area contributed by atoms with Gasteiger partial charge in [-0.15, -0.1) is 0 Å². The summed E-state index contributed by atoms with van der Waals surface area (Å²) in [7, 11) is 0. The minimum atomic E-state index is 0.290. The topological polar surface area (TPSA) is 29.1 Å². The maximum atomic E-state index is 11.9. The van der Waals surface area contributed by atoms with Gasteiger partial charge in [0, 0.05) is 12.5 Å². The van der Waals surface area contributed by atoms with E-state index in [0.717, 1.165) is 32.2 Å². The highest BCUT2D eigenvalue weighted by molar-refractivity contribution is 5.81. The van der Waals surface area contributed by atoms with Crippen LogP contribution in [0.4, 0.5) is 0 Å². The number of nitrogens with one attached hydrogen (secondary N) is 1. The molecule has 1 N–H and O–H groups in total. The van der Waals surface area contributed by atoms with Crippen molar-refractivity contribution in [2.45, 2.75) is 32.6 Å². The summed E-state index contributed by atoms with van der Waals surface area (Å²) in [6, 6.07) is 8.64. The smallest absolute Gasteiger partial charge is 0.223 e. The molecule has 0 aliphatic heterocycles. The van der Waals surface area contributed by atoms with E-state index >= 15 is 0 Å². The zero-order valence-electron chi connectivity index (χ0n) is 11.0. The Morgan fingerprint density at radius 2 is 1.94 bits per heavy atom. The van der Waals surface area contributed by atoms with Crippen molar-refractivity contribution >= 4 is 5.91 Å². The predicted molar refractivity (Wildman–Crippen MR) is 72.2 cm³/mol. The van der Waals surface area contributed by atoms with Gasteiger partial charge in [0.25, 0.3) is 0 Å². The van der Waals surface area contributed by atoms with Crippen LogP contribution in [0.25, 0.3) is 0 Å². The molecular formula is C16H21NO. The van der Waals surface area contributed by atoms with Gasteiger partial charge in [0.2, 0.25) is 5.91 Å². The molecule has 0 bridgehead atoms. The van der Waals surface area contributed by atoms with Crippen molar-refractivity contribution in [3.63, 3.8) is 0 Å². The maximum absolute atomic E-state index is 11.9. The minimum Gasteiger partial charge on any atom is -0.356 e. The summed E-state index contributed by atoms with van der Waals surface area (Å²) in [5.41, 5.74) is 2.93. The average molecular weight is 243 g/mol. The Morgan fingerprint density at radius 3 is 2.50 bits per heavy atom. The molecule has 2 nitrogen and oxygen atoms in total. The molecule has 0 aromatic heterocycles. The van der Waals surface area contributed by atoms with Crippen LogP contribution in [-0.4, -0.2) is 12.5 Å². The fraction of sp³-hybridized carbons (Fsp3) is 0.562. The zero-order chi connectivity index (χ0) is 12.5. The Labute approximate surface area is 109 Å². The first kappa shape index (κ1) is 11.8. The molecule has 0 radical (unpaired) electrons. The molecule has 0 spiro atoms. The SMILES string of the molecule is CC[C@@H]1C[C@H]1C(=O)NCC1Cc2ccccc2C1. The summed E-state index contributed by atoms with van der Waals surface area (Å²) >= 11 is 0. The largest absolute Gasteiger partial charge is 0.356 e. The van der Waals surface area contributed by atoms with E-state index in [0.29, 0.717) is 17.8 Å². The molecule has 96 valence electrons. The van der Waals surface area contributed by atoms with E-state index in [1.165, 1.54) is 11.1 Å². The van der Waals surface area contributed by atoms with Gasteiger partial charge < -0.3 is 5.32 Å². The third kappa shape index (κ3) is 2.29. The summed E-state index contributed by atoms with van der Waals surface area (Å²) in [4.78, 5) is 11.9. The van der Waals surface area contributed by atoms with Gasteiger partial charge in [-0.2, -0.15) is 0 Å². The standard InChI is InChI=1S/C16H21NO/c1-2-12-9-15(12)16(18)17-10-11-7-13-5-3-4-6-14(13)8-11/h3-6,11-12,15H,2,7-10H2,1H3,(H,17,18)/t12-,15-/m1/s1. The number of carbonyl (C=O) groups is 1. The number of hydrogen-bond acceptors (Lipinski definition) is 1. The van der Waals surface area contributed by atoms with Gasteiger partial charge >= 0.3 is 0 Å². The lowest BCUT2D eigenvalue weighted by Gasteiger charge is -2.10. The average Bonchev–Trinajstić information content (AvgIpc) is 3.07. The van der Waals surface area contributed by atoms with Crippen LogP contribution in [0.3, 0.4) is 0 Å². The molecule has 1 fully saturated rings. The first-order valence-corrected chi connectivity index (χ1v) is 7.12. The quantitative estimate of drug-likeness (QED) is 0.865. The highest BCUT2D eigenvalue weighted by Crippen LogP contribution is 2.41. The molecule has 0 saturated heterocycles. The van der Waals surface area contributed by atoms with Crippen LogP contribution < -0.4 is 5.32 Å². The van der Waals surface area contributed by atoms with E-state index < -0.39 is 0 Å². The number of carbonyl (C=O) groups excluding carboxylic acids is 1. The first-order chi connectivity index (χ1) is 8.78. The van der Waals surface area contributed by atoms with Gasteiger partial charge in [-0.05, 0) is 42.2 Å². The second-order valence-electron chi connectivity index (χ2n) is 5.80. The van der Waals surface area contributed by atoms with Crippen molar-refractivity contribution in [2.75, 3.05) is 6.54 Å². The van der Waals surface area contributed by atoms with Gasteiger partial charge in [-0.3, -0.25) is 4.79 Å². The van der Waals surface area contributed by atoms with Crippen LogP contribution in [0.5, 0.6) is 0 Å². The number of amides is 1. The number of fused-ring (bicyclic) bond motifs is 1. The summed E-state index contributed by atoms with van der Waals surface area (Å²) in [5, 5.41) is 3.15. The third-order valence-corrected chi connectivity index (χ3v) is 4.48. The zero-order valence-corrected chi connectivity index (χ0v) is 11.0. The molecule has 0 unspecified atom stereocenters. The number of benzene rings is 1. The predicted octanol–water partition coefficient (Wildman–Crippen LogP) is 2.56. The van der Waals surface area contributed by atoms with Gasteiger partial charge in [0.1, 0.15) is 0 Å². The molecule has 2 atom stereocenters. The van der Waals surface area contributed by atoms with E-state index in [-0.39, 0.29) is 5.91 Å². The lowest BCUT2D eigenvalue weighted by Crippen LogP contribution is -2.31. The lowest BCUT2D eigenvalue weighted by molar-refractivity contribution is -0.122. The van der Waals surface area contributed by atoms with Crippen LogP contribution in [0.15, 0.2) is 24.3 Å². The Bertz CT molecular complexity index is 429. The molecule has 1 saturated carbocycles. The van der Waals surface area contributed by atoms with Crippen molar-refractivity contribution < 1.29 is 4.79 Å². The molecule has 3 rings (SSSR count). The summed E-state index contributed by atoms with van der Waals surface area (Å²) in [5.74, 6) is 1.87. The van der Waals surface area contributed by atoms with Gasteiger partial charge in [0.15, 0.2) is 0 Å². The summed E-state index contributed by atoms with van der Waals surface area (Å²) in [6.45, 7) is 3.02. The van der Waals surface area contributed by atoms with Crippen molar-refractivity contribution in [1.82, 2.24) is 5.32 Å². The van der Waals surface area contributed by atoms with Crippen LogP contribution in [0.2, 0.25) is 0 Å². The van der Waals surface area contributed by atoms with Crippen molar-refractivity contribution in [1.29, 1.82) is 0 Å². The normalized spacial score (nSPS) is 25.8. The van der Waals surface area contributed by atoms with E-state index in [9.17, 15) is 4.79 Å². The van der Waals surface area contributed by atoms with Gasteiger partial charge in [-0.25, -0.2) is 0 Å². The second kappa shape index (κ2) is 4.75. The molecule has 1 aromatic carbocycles. The molecule has 2 aliphatic rings. The fourth-order valence-electron chi connectivity index (χ4n) is 3.19. The van der Waals surface area contributed by atoms with Crippen molar-refractivity contribution in [3.05, 3.63) is 35.4 Å². The van der Waals surface area contributed by atoms with E-state index in [1.807, 2.05) is 0 Å². The second-order valence-corrected chi connectivity index (χ2v) is 5.80. The van der Waals surface area contributed by atoms with Crippen LogP contribution in [0, 0.1) is 17.8 Å². The third-order valence-electron chi connectivity index (χ3n) is 4.48. The monoisotopic (exact) mass is 243 g/mol. The highest BCUT2D eigenvalue weighted by atomic mass is 16.2. The van der Waals surface area contributed by atoms with Gasteiger partial charge in [-0.1, -0.05) is 37.6 Å². The molecule has 0 heterocycles. The Kier molecular flexibility index (Phi) is 3.11. The van der Waals surface area contributed by atoms with E-state index in [1.54, 1.807) is 0 Å². The lowest BCUT2D eigenvalue weighted by atomic mass is 10.1. The van der Waals surface area contributed by atoms with Crippen LogP contribution >= 0.6 is 0 Å². The Balaban J connectivity index is 1.47. The highest BCUT2D eigenvalue weighted by Gasteiger charge is 2.41. The molecule has 2 heteroatoms. The maximum Gasteiger partial charge on any atom is 0.223 e. The minimum absolute atomic E-state index is 0.290. The molecule has 2 aliphatic carbocycles. The van der Waals surface area contributed by atoms with Crippen LogP contribution in [0.1, 0.15) is 30.9 Å². The Hall–Kier alpha value is -1.31. The van der Waals surface area contributed by atoms with Gasteiger partial charge in [0.05, 0.1) is 0 Å². The number of rotatable bonds is 4. The summed E-state index contributed by atoms with van der Waals surface area (Å²) < 4.78 is 0. The molecule has 1 aromatic rings. The Morgan fingerprint density at radius 1 is 1.28 bits per heavy atom.